The summed E-state index contributed by atoms with van der Waals surface area (Å²) < 4.78 is 17.0. The lowest BCUT2D eigenvalue weighted by Gasteiger charge is -2.18. The largest absolute Gasteiger partial charge is 0.462 e. The van der Waals surface area contributed by atoms with Gasteiger partial charge in [0.15, 0.2) is 6.10 Å². The van der Waals surface area contributed by atoms with E-state index in [1.165, 1.54) is 270 Å². The van der Waals surface area contributed by atoms with Gasteiger partial charge in [-0.25, -0.2) is 0 Å². The Morgan fingerprint density at radius 2 is 0.470 bits per heavy atom. The zero-order valence-corrected chi connectivity index (χ0v) is 55.7. The molecule has 0 aliphatic rings. The molecule has 484 valence electrons. The van der Waals surface area contributed by atoms with Crippen molar-refractivity contribution in [2.75, 3.05) is 13.2 Å². The van der Waals surface area contributed by atoms with E-state index >= 15 is 0 Å². The van der Waals surface area contributed by atoms with E-state index in [1.54, 1.807) is 0 Å². The lowest BCUT2D eigenvalue weighted by Crippen LogP contribution is -2.30. The molecule has 6 heteroatoms. The standard InChI is InChI=1S/C77H140O6/c1-4-7-10-13-16-19-22-25-28-30-32-33-34-35-36-37-38-39-40-41-42-43-44-45-46-48-49-52-55-58-61-64-67-70-76(79)82-73-74(72-81-75(78)69-66-63-60-57-54-51-27-24-21-18-15-12-9-6-3)83-77(80)71-68-65-62-59-56-53-50-47-31-29-26-23-20-17-14-11-8-5-2/h7,10,16,19,25,28-29,31-33,74H,4-6,8-9,11-15,17-18,20-24,26-27,30,34-73H2,1-3H3/b10-7-,19-16-,28-25-,31-29-,33-32-. The number of esters is 3. The summed E-state index contributed by atoms with van der Waals surface area (Å²) in [7, 11) is 0. The Morgan fingerprint density at radius 1 is 0.253 bits per heavy atom. The third kappa shape index (κ3) is 69.8. The third-order valence-electron chi connectivity index (χ3n) is 16.5. The molecule has 0 spiro atoms. The van der Waals surface area contributed by atoms with E-state index in [-0.39, 0.29) is 31.1 Å². The van der Waals surface area contributed by atoms with E-state index in [0.29, 0.717) is 19.3 Å². The van der Waals surface area contributed by atoms with E-state index in [1.807, 2.05) is 0 Å². The summed E-state index contributed by atoms with van der Waals surface area (Å²) in [5.74, 6) is -0.844. The number of unbranched alkanes of at least 4 members (excludes halogenated alkanes) is 47. The topological polar surface area (TPSA) is 78.9 Å². The zero-order chi connectivity index (χ0) is 59.9. The maximum Gasteiger partial charge on any atom is 0.306 e. The molecule has 0 radical (unpaired) electrons. The highest BCUT2D eigenvalue weighted by atomic mass is 16.6. The smallest absolute Gasteiger partial charge is 0.306 e. The Morgan fingerprint density at radius 3 is 0.747 bits per heavy atom. The van der Waals surface area contributed by atoms with Gasteiger partial charge in [0.05, 0.1) is 0 Å². The van der Waals surface area contributed by atoms with Gasteiger partial charge in [-0.05, 0) is 83.5 Å². The fourth-order valence-electron chi connectivity index (χ4n) is 11.0. The van der Waals surface area contributed by atoms with Crippen LogP contribution in [0.4, 0.5) is 0 Å². The fraction of sp³-hybridized carbons (Fsp3) is 0.831. The van der Waals surface area contributed by atoms with Gasteiger partial charge in [0.25, 0.3) is 0 Å². The fourth-order valence-corrected chi connectivity index (χ4v) is 11.0. The third-order valence-corrected chi connectivity index (χ3v) is 16.5. The van der Waals surface area contributed by atoms with Gasteiger partial charge in [0, 0.05) is 19.3 Å². The molecule has 0 aliphatic heterocycles. The van der Waals surface area contributed by atoms with Crippen LogP contribution in [0.1, 0.15) is 393 Å². The molecule has 0 aliphatic carbocycles. The van der Waals surface area contributed by atoms with Crippen LogP contribution in [0.15, 0.2) is 60.8 Å². The van der Waals surface area contributed by atoms with Gasteiger partial charge < -0.3 is 14.2 Å². The van der Waals surface area contributed by atoms with Crippen molar-refractivity contribution >= 4 is 17.9 Å². The van der Waals surface area contributed by atoms with Gasteiger partial charge in [-0.3, -0.25) is 14.4 Å². The summed E-state index contributed by atoms with van der Waals surface area (Å²) in [6.45, 7) is 6.59. The maximum atomic E-state index is 12.9. The van der Waals surface area contributed by atoms with Crippen LogP contribution in [0.2, 0.25) is 0 Å². The number of hydrogen-bond acceptors (Lipinski definition) is 6. The van der Waals surface area contributed by atoms with Crippen LogP contribution < -0.4 is 0 Å². The second kappa shape index (κ2) is 71.6. The highest BCUT2D eigenvalue weighted by molar-refractivity contribution is 5.71. The second-order valence-corrected chi connectivity index (χ2v) is 24.8. The van der Waals surface area contributed by atoms with E-state index < -0.39 is 6.10 Å². The van der Waals surface area contributed by atoms with Crippen molar-refractivity contribution in [3.05, 3.63) is 60.8 Å². The normalized spacial score (nSPS) is 12.4. The second-order valence-electron chi connectivity index (χ2n) is 24.8. The van der Waals surface area contributed by atoms with Crippen LogP contribution in [-0.2, 0) is 28.6 Å². The highest BCUT2D eigenvalue weighted by Crippen LogP contribution is 2.19. The Balaban J connectivity index is 4.15. The van der Waals surface area contributed by atoms with Crippen molar-refractivity contribution < 1.29 is 28.6 Å². The van der Waals surface area contributed by atoms with Gasteiger partial charge in [-0.2, -0.15) is 0 Å². The number of carbonyl (C=O) groups excluding carboxylic acids is 3. The average Bonchev–Trinajstić information content (AvgIpc) is 3.49. The summed E-state index contributed by atoms with van der Waals surface area (Å²) >= 11 is 0. The van der Waals surface area contributed by atoms with Crippen molar-refractivity contribution in [2.45, 2.75) is 399 Å². The minimum absolute atomic E-state index is 0.0688. The van der Waals surface area contributed by atoms with E-state index in [2.05, 4.69) is 81.5 Å². The van der Waals surface area contributed by atoms with Gasteiger partial charge in [-0.15, -0.1) is 0 Å². The van der Waals surface area contributed by atoms with Crippen molar-refractivity contribution in [3.8, 4) is 0 Å². The number of allylic oxidation sites excluding steroid dienone is 10. The molecule has 0 heterocycles. The molecule has 1 atom stereocenters. The van der Waals surface area contributed by atoms with Crippen LogP contribution in [-0.4, -0.2) is 37.2 Å². The quantitative estimate of drug-likeness (QED) is 0.0261. The zero-order valence-electron chi connectivity index (χ0n) is 55.7. The van der Waals surface area contributed by atoms with E-state index in [0.717, 1.165) is 83.5 Å². The molecule has 0 aromatic heterocycles. The number of carbonyl (C=O) groups is 3. The molecule has 0 saturated heterocycles. The molecule has 0 fully saturated rings. The van der Waals surface area contributed by atoms with Crippen LogP contribution in [0, 0.1) is 0 Å². The van der Waals surface area contributed by atoms with Crippen molar-refractivity contribution in [3.63, 3.8) is 0 Å². The van der Waals surface area contributed by atoms with Crippen LogP contribution in [0.3, 0.4) is 0 Å². The number of ether oxygens (including phenoxy) is 3. The molecule has 0 amide bonds. The SMILES string of the molecule is CC/C=C\C/C=C\C/C=C\C/C=C\CCCCCCCCCCCCCCCCCCCCCCC(=O)OCC(COC(=O)CCCCCCCCCCCCCCCC)OC(=O)CCCCCCCCC/C=C\CCCCCCCCC. The van der Waals surface area contributed by atoms with Crippen LogP contribution in [0.5, 0.6) is 0 Å². The minimum atomic E-state index is -0.773. The monoisotopic (exact) mass is 1160 g/mol. The summed E-state index contributed by atoms with van der Waals surface area (Å²) in [4.78, 5) is 38.4. The summed E-state index contributed by atoms with van der Waals surface area (Å²) in [6.07, 6.45) is 92.6. The van der Waals surface area contributed by atoms with Crippen molar-refractivity contribution in [1.82, 2.24) is 0 Å². The highest BCUT2D eigenvalue weighted by Gasteiger charge is 2.19. The first kappa shape index (κ1) is 80.1. The summed E-state index contributed by atoms with van der Waals surface area (Å²) in [6, 6.07) is 0. The number of rotatable bonds is 68. The molecular formula is C77H140O6. The van der Waals surface area contributed by atoms with Gasteiger partial charge in [0.2, 0.25) is 0 Å². The predicted molar refractivity (Wildman–Crippen MR) is 362 cm³/mol. The van der Waals surface area contributed by atoms with Gasteiger partial charge >= 0.3 is 17.9 Å². The Kier molecular flexibility index (Phi) is 69.1. The van der Waals surface area contributed by atoms with Crippen LogP contribution in [0.25, 0.3) is 0 Å². The van der Waals surface area contributed by atoms with Gasteiger partial charge in [-0.1, -0.05) is 351 Å². The first-order valence-electron chi connectivity index (χ1n) is 36.8. The molecular weight excluding hydrogens is 1020 g/mol. The first-order valence-corrected chi connectivity index (χ1v) is 36.8. The molecule has 0 aromatic rings. The maximum absolute atomic E-state index is 12.9. The van der Waals surface area contributed by atoms with Crippen molar-refractivity contribution in [2.24, 2.45) is 0 Å². The predicted octanol–water partition coefficient (Wildman–Crippen LogP) is 25.5. The molecule has 1 unspecified atom stereocenters. The molecule has 6 nitrogen and oxygen atoms in total. The van der Waals surface area contributed by atoms with E-state index in [4.69, 9.17) is 14.2 Å². The average molecular weight is 1160 g/mol. The van der Waals surface area contributed by atoms with Crippen LogP contribution >= 0.6 is 0 Å². The molecule has 0 saturated carbocycles. The van der Waals surface area contributed by atoms with E-state index in [9.17, 15) is 14.4 Å². The van der Waals surface area contributed by atoms with Crippen molar-refractivity contribution in [1.29, 1.82) is 0 Å². The summed E-state index contributed by atoms with van der Waals surface area (Å²) in [5.41, 5.74) is 0. The number of hydrogen-bond donors (Lipinski definition) is 0. The molecule has 0 bridgehead atoms. The molecule has 83 heavy (non-hydrogen) atoms. The Labute approximate surface area is 517 Å². The lowest BCUT2D eigenvalue weighted by atomic mass is 10.0. The minimum Gasteiger partial charge on any atom is -0.462 e. The Hall–Kier alpha value is -2.89. The lowest BCUT2D eigenvalue weighted by molar-refractivity contribution is -0.167. The molecule has 0 aromatic carbocycles. The first-order chi connectivity index (χ1) is 41.0. The molecule has 0 rings (SSSR count). The summed E-state index contributed by atoms with van der Waals surface area (Å²) in [5, 5.41) is 0. The molecule has 0 N–H and O–H groups in total. The van der Waals surface area contributed by atoms with Gasteiger partial charge in [0.1, 0.15) is 13.2 Å². The Bertz CT molecular complexity index is 1470.